The van der Waals surface area contributed by atoms with E-state index in [1.807, 2.05) is 25.1 Å². The molecule has 0 radical (unpaired) electrons. The van der Waals surface area contributed by atoms with E-state index in [1.165, 1.54) is 5.56 Å². The molecule has 1 N–H and O–H groups in total. The average molecular weight is 315 g/mol. The zero-order valence-electron chi connectivity index (χ0n) is 10.2. The van der Waals surface area contributed by atoms with E-state index >= 15 is 0 Å². The van der Waals surface area contributed by atoms with Crippen molar-refractivity contribution in [2.45, 2.75) is 32.7 Å². The zero-order chi connectivity index (χ0) is 12.7. The van der Waals surface area contributed by atoms with E-state index in [4.69, 9.17) is 11.6 Å². The van der Waals surface area contributed by atoms with E-state index in [1.54, 1.807) is 0 Å². The average Bonchev–Trinajstić information content (AvgIpc) is 2.32. The van der Waals surface area contributed by atoms with E-state index in [2.05, 4.69) is 40.0 Å². The molecule has 1 aromatic carbocycles. The molecule has 0 aliphatic rings. The molecule has 1 unspecified atom stereocenters. The van der Waals surface area contributed by atoms with Gasteiger partial charge in [0.1, 0.15) is 0 Å². The van der Waals surface area contributed by atoms with Gasteiger partial charge in [0.05, 0.1) is 0 Å². The van der Waals surface area contributed by atoms with Crippen LogP contribution in [-0.4, -0.2) is 6.54 Å². The maximum absolute atomic E-state index is 6.05. The van der Waals surface area contributed by atoms with Crippen LogP contribution in [0.3, 0.4) is 0 Å². The summed E-state index contributed by atoms with van der Waals surface area (Å²) in [5.41, 5.74) is 1.21. The maximum Gasteiger partial charge on any atom is 0.0410 e. The fraction of sp³-hybridized carbons (Fsp3) is 0.429. The third kappa shape index (κ3) is 4.71. The number of nitrogens with one attached hydrogen (secondary N) is 1. The van der Waals surface area contributed by atoms with Crippen LogP contribution in [0.5, 0.6) is 0 Å². The summed E-state index contributed by atoms with van der Waals surface area (Å²) in [7, 11) is 0. The van der Waals surface area contributed by atoms with Gasteiger partial charge >= 0.3 is 0 Å². The van der Waals surface area contributed by atoms with E-state index in [0.717, 1.165) is 28.9 Å². The van der Waals surface area contributed by atoms with Crippen LogP contribution in [0.2, 0.25) is 5.02 Å². The Morgan fingerprint density at radius 3 is 2.88 bits per heavy atom. The summed E-state index contributed by atoms with van der Waals surface area (Å²) in [6.45, 7) is 4.91. The van der Waals surface area contributed by atoms with Crippen LogP contribution in [0.4, 0.5) is 0 Å². The lowest BCUT2D eigenvalue weighted by Gasteiger charge is -2.19. The summed E-state index contributed by atoms with van der Waals surface area (Å²) in [6.07, 6.45) is 1.89. The Bertz CT molecular complexity index is 420. The third-order valence-corrected chi connectivity index (χ3v) is 3.48. The first-order valence-corrected chi connectivity index (χ1v) is 6.94. The number of halogens is 2. The molecule has 1 aromatic rings. The van der Waals surface area contributed by atoms with Crippen molar-refractivity contribution in [3.63, 3.8) is 0 Å². The van der Waals surface area contributed by atoms with Crippen LogP contribution in [0, 0.1) is 11.8 Å². The van der Waals surface area contributed by atoms with Gasteiger partial charge in [-0.25, -0.2) is 0 Å². The van der Waals surface area contributed by atoms with Crippen LogP contribution in [0.1, 0.15) is 38.3 Å². The normalized spacial score (nSPS) is 11.8. The minimum absolute atomic E-state index is 0.300. The van der Waals surface area contributed by atoms with Crippen molar-refractivity contribution in [1.82, 2.24) is 5.32 Å². The predicted octanol–water partition coefficient (Wildman–Crippen LogP) is 4.56. The van der Waals surface area contributed by atoms with Crippen molar-refractivity contribution in [2.75, 3.05) is 6.54 Å². The molecular formula is C14H17BrClN. The molecule has 0 saturated heterocycles. The standard InChI is InChI=1S/C14H17BrClN/c1-3-5-6-7-14(17-4-2)12-10-11(16)8-9-13(12)15/h8-10,14,17H,4,6-7H2,1-2H3. The summed E-state index contributed by atoms with van der Waals surface area (Å²) in [5, 5.41) is 4.24. The molecule has 1 atom stereocenters. The van der Waals surface area contributed by atoms with Crippen molar-refractivity contribution in [3.8, 4) is 11.8 Å². The number of rotatable bonds is 5. The van der Waals surface area contributed by atoms with Crippen molar-refractivity contribution in [3.05, 3.63) is 33.3 Å². The van der Waals surface area contributed by atoms with Gasteiger partial charge in [-0.3, -0.25) is 0 Å². The number of hydrogen-bond acceptors (Lipinski definition) is 1. The molecule has 0 saturated carbocycles. The highest BCUT2D eigenvalue weighted by Crippen LogP contribution is 2.29. The molecule has 0 heterocycles. The summed E-state index contributed by atoms with van der Waals surface area (Å²) in [6, 6.07) is 6.20. The second kappa shape index (κ2) is 7.76. The van der Waals surface area contributed by atoms with Gasteiger partial charge in [0.2, 0.25) is 0 Å². The van der Waals surface area contributed by atoms with E-state index < -0.39 is 0 Å². The first kappa shape index (κ1) is 14.6. The van der Waals surface area contributed by atoms with Gasteiger partial charge in [0.25, 0.3) is 0 Å². The Labute approximate surface area is 117 Å². The molecular weight excluding hydrogens is 298 g/mol. The van der Waals surface area contributed by atoms with E-state index in [0.29, 0.717) is 6.04 Å². The van der Waals surface area contributed by atoms with Crippen molar-refractivity contribution >= 4 is 27.5 Å². The summed E-state index contributed by atoms with van der Waals surface area (Å²) < 4.78 is 1.09. The van der Waals surface area contributed by atoms with Crippen LogP contribution < -0.4 is 5.32 Å². The molecule has 0 aromatic heterocycles. The lowest BCUT2D eigenvalue weighted by atomic mass is 10.0. The highest BCUT2D eigenvalue weighted by Gasteiger charge is 2.13. The molecule has 92 valence electrons. The maximum atomic E-state index is 6.05. The molecule has 1 rings (SSSR count). The molecule has 0 amide bonds. The molecule has 0 aliphatic heterocycles. The Balaban J connectivity index is 2.86. The van der Waals surface area contributed by atoms with Crippen LogP contribution >= 0.6 is 27.5 Å². The SMILES string of the molecule is CC#CCCC(NCC)c1cc(Cl)ccc1Br. The first-order chi connectivity index (χ1) is 8.19. The van der Waals surface area contributed by atoms with Gasteiger partial charge in [0, 0.05) is 22.0 Å². The summed E-state index contributed by atoms with van der Waals surface area (Å²) in [5.74, 6) is 6.03. The van der Waals surface area contributed by atoms with Gasteiger partial charge in [-0.05, 0) is 43.7 Å². The lowest BCUT2D eigenvalue weighted by Crippen LogP contribution is -2.21. The monoisotopic (exact) mass is 313 g/mol. The number of benzene rings is 1. The van der Waals surface area contributed by atoms with Crippen LogP contribution in [-0.2, 0) is 0 Å². The summed E-state index contributed by atoms with van der Waals surface area (Å²) >= 11 is 9.62. The van der Waals surface area contributed by atoms with Gasteiger partial charge in [-0.1, -0.05) is 34.5 Å². The largest absolute Gasteiger partial charge is 0.310 e. The minimum Gasteiger partial charge on any atom is -0.310 e. The molecule has 0 bridgehead atoms. The molecule has 0 fully saturated rings. The second-order valence-electron chi connectivity index (χ2n) is 3.74. The van der Waals surface area contributed by atoms with Crippen molar-refractivity contribution in [1.29, 1.82) is 0 Å². The Morgan fingerprint density at radius 1 is 1.47 bits per heavy atom. The van der Waals surface area contributed by atoms with Crippen LogP contribution in [0.25, 0.3) is 0 Å². The smallest absolute Gasteiger partial charge is 0.0410 e. The topological polar surface area (TPSA) is 12.0 Å². The van der Waals surface area contributed by atoms with Gasteiger partial charge in [-0.15, -0.1) is 11.8 Å². The Morgan fingerprint density at radius 2 is 2.24 bits per heavy atom. The highest BCUT2D eigenvalue weighted by molar-refractivity contribution is 9.10. The second-order valence-corrected chi connectivity index (χ2v) is 5.03. The molecule has 0 spiro atoms. The van der Waals surface area contributed by atoms with Crippen molar-refractivity contribution in [2.24, 2.45) is 0 Å². The zero-order valence-corrected chi connectivity index (χ0v) is 12.5. The van der Waals surface area contributed by atoms with Gasteiger partial charge < -0.3 is 5.32 Å². The number of hydrogen-bond donors (Lipinski definition) is 1. The Kier molecular flexibility index (Phi) is 6.65. The van der Waals surface area contributed by atoms with Gasteiger partial charge in [-0.2, -0.15) is 0 Å². The summed E-state index contributed by atoms with van der Waals surface area (Å²) in [4.78, 5) is 0. The molecule has 0 aliphatic carbocycles. The first-order valence-electron chi connectivity index (χ1n) is 5.77. The third-order valence-electron chi connectivity index (χ3n) is 2.52. The van der Waals surface area contributed by atoms with Crippen molar-refractivity contribution < 1.29 is 0 Å². The predicted molar refractivity (Wildman–Crippen MR) is 78.3 cm³/mol. The van der Waals surface area contributed by atoms with E-state index in [-0.39, 0.29) is 0 Å². The minimum atomic E-state index is 0.300. The van der Waals surface area contributed by atoms with Crippen LogP contribution in [0.15, 0.2) is 22.7 Å². The fourth-order valence-electron chi connectivity index (χ4n) is 1.74. The lowest BCUT2D eigenvalue weighted by molar-refractivity contribution is 0.521. The quantitative estimate of drug-likeness (QED) is 0.786. The Hall–Kier alpha value is -0.490. The highest BCUT2D eigenvalue weighted by atomic mass is 79.9. The van der Waals surface area contributed by atoms with E-state index in [9.17, 15) is 0 Å². The molecule has 1 nitrogen and oxygen atoms in total. The van der Waals surface area contributed by atoms with Gasteiger partial charge in [0.15, 0.2) is 0 Å². The molecule has 3 heteroatoms. The fourth-order valence-corrected chi connectivity index (χ4v) is 2.44. The molecule has 17 heavy (non-hydrogen) atoms.